The maximum atomic E-state index is 5.79. The van der Waals surface area contributed by atoms with Gasteiger partial charge in [-0.2, -0.15) is 0 Å². The highest BCUT2D eigenvalue weighted by molar-refractivity contribution is 14.1. The summed E-state index contributed by atoms with van der Waals surface area (Å²) in [6.07, 6.45) is 0. The van der Waals surface area contributed by atoms with Crippen LogP contribution in [0, 0.1) is 3.57 Å². The van der Waals surface area contributed by atoms with Gasteiger partial charge in [0.2, 0.25) is 0 Å². The third-order valence-electron chi connectivity index (χ3n) is 2.65. The number of benzene rings is 2. The summed E-state index contributed by atoms with van der Waals surface area (Å²) in [4.78, 5) is 2.07. The quantitative estimate of drug-likeness (QED) is 0.773. The molecule has 0 heterocycles. The Kier molecular flexibility index (Phi) is 4.47. The fourth-order valence-electron chi connectivity index (χ4n) is 1.60. The standard InChI is InChI=1S/C15H16INO/c1-17(2)14-4-3-5-15(10-14)18-11-12-6-8-13(16)9-7-12/h3-10H,11H2,1-2H3. The van der Waals surface area contributed by atoms with E-state index in [0.29, 0.717) is 6.61 Å². The van der Waals surface area contributed by atoms with Crippen molar-refractivity contribution < 1.29 is 4.74 Å². The molecule has 0 radical (unpaired) electrons. The molecule has 0 saturated heterocycles. The topological polar surface area (TPSA) is 12.5 Å². The number of rotatable bonds is 4. The van der Waals surface area contributed by atoms with Crippen LogP contribution < -0.4 is 9.64 Å². The molecule has 2 nitrogen and oxygen atoms in total. The van der Waals surface area contributed by atoms with Crippen LogP contribution in [-0.4, -0.2) is 14.1 Å². The molecular weight excluding hydrogens is 337 g/mol. The summed E-state index contributed by atoms with van der Waals surface area (Å²) >= 11 is 2.30. The van der Waals surface area contributed by atoms with Crippen LogP contribution in [-0.2, 0) is 6.61 Å². The lowest BCUT2D eigenvalue weighted by Gasteiger charge is -2.14. The molecule has 0 aliphatic carbocycles. The molecule has 0 aromatic heterocycles. The highest BCUT2D eigenvalue weighted by Crippen LogP contribution is 2.20. The summed E-state index contributed by atoms with van der Waals surface area (Å²) in [6.45, 7) is 0.605. The van der Waals surface area contributed by atoms with Gasteiger partial charge >= 0.3 is 0 Å². The average Bonchev–Trinajstić information content (AvgIpc) is 2.38. The monoisotopic (exact) mass is 353 g/mol. The number of anilines is 1. The van der Waals surface area contributed by atoms with E-state index in [1.165, 1.54) is 9.13 Å². The lowest BCUT2D eigenvalue weighted by Crippen LogP contribution is -2.08. The zero-order valence-corrected chi connectivity index (χ0v) is 12.7. The van der Waals surface area contributed by atoms with Crippen LogP contribution in [0.25, 0.3) is 0 Å². The van der Waals surface area contributed by atoms with Crippen molar-refractivity contribution in [1.29, 1.82) is 0 Å². The molecule has 0 bridgehead atoms. The molecule has 0 amide bonds. The zero-order valence-electron chi connectivity index (χ0n) is 10.6. The van der Waals surface area contributed by atoms with Crippen LogP contribution in [0.1, 0.15) is 5.56 Å². The molecule has 0 N–H and O–H groups in total. The van der Waals surface area contributed by atoms with E-state index in [4.69, 9.17) is 4.74 Å². The lowest BCUT2D eigenvalue weighted by molar-refractivity contribution is 0.306. The molecule has 94 valence electrons. The summed E-state index contributed by atoms with van der Waals surface area (Å²) in [5, 5.41) is 0. The molecule has 0 aliphatic heterocycles. The number of hydrogen-bond donors (Lipinski definition) is 0. The number of halogens is 1. The first-order valence-electron chi connectivity index (χ1n) is 5.80. The Morgan fingerprint density at radius 2 is 1.78 bits per heavy atom. The van der Waals surface area contributed by atoms with E-state index >= 15 is 0 Å². The maximum Gasteiger partial charge on any atom is 0.121 e. The Morgan fingerprint density at radius 1 is 1.06 bits per heavy atom. The minimum atomic E-state index is 0.605. The van der Waals surface area contributed by atoms with E-state index in [1.54, 1.807) is 0 Å². The van der Waals surface area contributed by atoms with Crippen LogP contribution in [0.5, 0.6) is 5.75 Å². The molecular formula is C15H16INO. The first-order chi connectivity index (χ1) is 8.65. The second-order valence-corrected chi connectivity index (χ2v) is 5.55. The van der Waals surface area contributed by atoms with Crippen molar-refractivity contribution in [1.82, 2.24) is 0 Å². The highest BCUT2D eigenvalue weighted by Gasteiger charge is 1.99. The fraction of sp³-hybridized carbons (Fsp3) is 0.200. The van der Waals surface area contributed by atoms with Gasteiger partial charge in [0.25, 0.3) is 0 Å². The van der Waals surface area contributed by atoms with Crippen LogP contribution in [0.2, 0.25) is 0 Å². The summed E-state index contributed by atoms with van der Waals surface area (Å²) in [7, 11) is 4.05. The smallest absolute Gasteiger partial charge is 0.121 e. The molecule has 2 aromatic carbocycles. The van der Waals surface area contributed by atoms with Crippen LogP contribution >= 0.6 is 22.6 Å². The minimum Gasteiger partial charge on any atom is -0.489 e. The van der Waals surface area contributed by atoms with Crippen LogP contribution in [0.15, 0.2) is 48.5 Å². The van der Waals surface area contributed by atoms with E-state index in [9.17, 15) is 0 Å². The van der Waals surface area contributed by atoms with E-state index in [-0.39, 0.29) is 0 Å². The molecule has 0 fully saturated rings. The zero-order chi connectivity index (χ0) is 13.0. The van der Waals surface area contributed by atoms with E-state index < -0.39 is 0 Å². The minimum absolute atomic E-state index is 0.605. The molecule has 3 heteroatoms. The summed E-state index contributed by atoms with van der Waals surface area (Å²) in [5.41, 5.74) is 2.33. The third-order valence-corrected chi connectivity index (χ3v) is 3.37. The van der Waals surface area contributed by atoms with Gasteiger partial charge in [-0.3, -0.25) is 0 Å². The van der Waals surface area contributed by atoms with Crippen molar-refractivity contribution in [3.63, 3.8) is 0 Å². The van der Waals surface area contributed by atoms with Gasteiger partial charge in [0.15, 0.2) is 0 Å². The second kappa shape index (κ2) is 6.09. The van der Waals surface area contributed by atoms with Gasteiger partial charge in [-0.25, -0.2) is 0 Å². The van der Waals surface area contributed by atoms with Gasteiger partial charge in [0.05, 0.1) is 0 Å². The Hall–Kier alpha value is -1.23. The summed E-state index contributed by atoms with van der Waals surface area (Å²) in [6, 6.07) is 16.5. The average molecular weight is 353 g/mol. The third kappa shape index (κ3) is 3.63. The van der Waals surface area contributed by atoms with Gasteiger partial charge in [-0.1, -0.05) is 18.2 Å². The van der Waals surface area contributed by atoms with E-state index in [2.05, 4.69) is 57.8 Å². The van der Waals surface area contributed by atoms with Gasteiger partial charge in [0.1, 0.15) is 12.4 Å². The molecule has 0 unspecified atom stereocenters. The number of hydrogen-bond acceptors (Lipinski definition) is 2. The summed E-state index contributed by atoms with van der Waals surface area (Å²) < 4.78 is 7.04. The SMILES string of the molecule is CN(C)c1cccc(OCc2ccc(I)cc2)c1. The first kappa shape index (κ1) is 13.2. The predicted molar refractivity (Wildman–Crippen MR) is 84.3 cm³/mol. The Morgan fingerprint density at radius 3 is 2.44 bits per heavy atom. The Balaban J connectivity index is 2.01. The molecule has 0 atom stereocenters. The Bertz CT molecular complexity index is 508. The molecule has 18 heavy (non-hydrogen) atoms. The second-order valence-electron chi connectivity index (χ2n) is 4.31. The Labute approximate surface area is 122 Å². The lowest BCUT2D eigenvalue weighted by atomic mass is 10.2. The molecule has 0 aliphatic rings. The van der Waals surface area contributed by atoms with Crippen molar-refractivity contribution in [3.8, 4) is 5.75 Å². The highest BCUT2D eigenvalue weighted by atomic mass is 127. The number of nitrogens with zero attached hydrogens (tertiary/aromatic N) is 1. The van der Waals surface area contributed by atoms with Crippen molar-refractivity contribution in [2.75, 3.05) is 19.0 Å². The van der Waals surface area contributed by atoms with Crippen molar-refractivity contribution in [3.05, 3.63) is 57.7 Å². The molecule has 0 spiro atoms. The molecule has 0 saturated carbocycles. The molecule has 2 aromatic rings. The number of ether oxygens (including phenoxy) is 1. The first-order valence-corrected chi connectivity index (χ1v) is 6.87. The molecule has 2 rings (SSSR count). The predicted octanol–water partition coefficient (Wildman–Crippen LogP) is 3.94. The van der Waals surface area contributed by atoms with Gasteiger partial charge < -0.3 is 9.64 Å². The van der Waals surface area contributed by atoms with E-state index in [1.807, 2.05) is 32.3 Å². The van der Waals surface area contributed by atoms with Crippen molar-refractivity contribution >= 4 is 28.3 Å². The van der Waals surface area contributed by atoms with Crippen LogP contribution in [0.4, 0.5) is 5.69 Å². The van der Waals surface area contributed by atoms with Crippen molar-refractivity contribution in [2.45, 2.75) is 6.61 Å². The largest absolute Gasteiger partial charge is 0.489 e. The van der Waals surface area contributed by atoms with Gasteiger partial charge in [-0.05, 0) is 52.4 Å². The van der Waals surface area contributed by atoms with Crippen LogP contribution in [0.3, 0.4) is 0 Å². The van der Waals surface area contributed by atoms with Gasteiger partial charge in [0, 0.05) is 29.4 Å². The summed E-state index contributed by atoms with van der Waals surface area (Å²) in [5.74, 6) is 0.903. The fourth-order valence-corrected chi connectivity index (χ4v) is 1.96. The van der Waals surface area contributed by atoms with Crippen molar-refractivity contribution in [2.24, 2.45) is 0 Å². The van der Waals surface area contributed by atoms with E-state index in [0.717, 1.165) is 11.4 Å². The normalized spacial score (nSPS) is 10.2. The van der Waals surface area contributed by atoms with Gasteiger partial charge in [-0.15, -0.1) is 0 Å². The maximum absolute atomic E-state index is 5.79.